The summed E-state index contributed by atoms with van der Waals surface area (Å²) in [6.07, 6.45) is 2.89. The molecule has 0 saturated carbocycles. The Bertz CT molecular complexity index is 2320. The number of hydrogen-bond acceptors (Lipinski definition) is 10. The summed E-state index contributed by atoms with van der Waals surface area (Å²) < 4.78 is 0. The van der Waals surface area contributed by atoms with Crippen LogP contribution in [-0.2, 0) is 57.6 Å². The van der Waals surface area contributed by atoms with Gasteiger partial charge in [0.2, 0.25) is 41.4 Å². The largest absolute Gasteiger partial charge is 0.480 e. The first kappa shape index (κ1) is 55.6. The highest BCUT2D eigenvalue weighted by atomic mass is 16.4. The summed E-state index contributed by atoms with van der Waals surface area (Å²) in [5.74, 6) is -5.88. The summed E-state index contributed by atoms with van der Waals surface area (Å²) >= 11 is 0. The van der Waals surface area contributed by atoms with Gasteiger partial charge in [-0.3, -0.25) is 39.0 Å². The molecular formula is C52H71N11O9. The lowest BCUT2D eigenvalue weighted by molar-refractivity contribution is -0.149. The van der Waals surface area contributed by atoms with Gasteiger partial charge in [0.1, 0.15) is 42.3 Å². The second-order valence-corrected chi connectivity index (χ2v) is 18.9. The maximum atomic E-state index is 14.6. The Balaban J connectivity index is 1.34. The molecule has 0 spiro atoms. The van der Waals surface area contributed by atoms with E-state index < -0.39 is 89.7 Å². The molecule has 2 aliphatic rings. The maximum Gasteiger partial charge on any atom is 0.326 e. The number of carbonyl (C=O) groups is 8. The van der Waals surface area contributed by atoms with Crippen molar-refractivity contribution in [2.24, 2.45) is 11.7 Å². The monoisotopic (exact) mass is 994 g/mol. The number of benzene rings is 3. The van der Waals surface area contributed by atoms with E-state index in [0.717, 1.165) is 12.0 Å². The van der Waals surface area contributed by atoms with Crippen molar-refractivity contribution in [3.8, 4) is 0 Å². The zero-order chi connectivity index (χ0) is 52.2. The number of likely N-dealkylation sites (tertiary alicyclic amines) is 1. The van der Waals surface area contributed by atoms with Crippen LogP contribution in [0.3, 0.4) is 0 Å². The minimum absolute atomic E-state index is 0.00789. The summed E-state index contributed by atoms with van der Waals surface area (Å²) in [5, 5.41) is 39.9. The highest BCUT2D eigenvalue weighted by Crippen LogP contribution is 2.20. The van der Waals surface area contributed by atoms with Gasteiger partial charge in [-0.25, -0.2) is 4.79 Å². The normalized spacial score (nSPS) is 17.8. The van der Waals surface area contributed by atoms with Gasteiger partial charge in [-0.15, -0.1) is 0 Å². The lowest BCUT2D eigenvalue weighted by atomic mass is 9.99. The third kappa shape index (κ3) is 17.5. The molecule has 0 unspecified atom stereocenters. The van der Waals surface area contributed by atoms with Crippen molar-refractivity contribution in [3.63, 3.8) is 0 Å². The van der Waals surface area contributed by atoms with Gasteiger partial charge in [-0.2, -0.15) is 0 Å². The molecule has 2 fully saturated rings. The molecule has 3 aromatic carbocycles. The molecule has 7 amide bonds. The summed E-state index contributed by atoms with van der Waals surface area (Å²) in [5.41, 5.74) is 7.57. The van der Waals surface area contributed by atoms with Crippen LogP contribution in [0.1, 0.15) is 82.4 Å². The number of nitrogens with zero attached hydrogens (tertiary/aromatic N) is 1. The van der Waals surface area contributed by atoms with Crippen LogP contribution in [0.2, 0.25) is 0 Å². The van der Waals surface area contributed by atoms with E-state index >= 15 is 0 Å². The third-order valence-corrected chi connectivity index (χ3v) is 12.6. The Kier molecular flexibility index (Phi) is 21.5. The third-order valence-electron chi connectivity index (χ3n) is 12.6. The predicted molar refractivity (Wildman–Crippen MR) is 270 cm³/mol. The number of carboxylic acids is 1. The van der Waals surface area contributed by atoms with Crippen molar-refractivity contribution in [2.45, 2.75) is 133 Å². The number of nitrogens with one attached hydrogen (secondary N) is 9. The fraction of sp³-hybridized carbons (Fsp3) is 0.481. The molecule has 8 atom stereocenters. The molecule has 20 nitrogen and oxygen atoms in total. The van der Waals surface area contributed by atoms with E-state index in [-0.39, 0.29) is 69.4 Å². The lowest BCUT2D eigenvalue weighted by Crippen LogP contribution is -2.60. The molecular weight excluding hydrogens is 923 g/mol. The average Bonchev–Trinajstić information content (AvgIpc) is 4.09. The van der Waals surface area contributed by atoms with Gasteiger partial charge in [0.05, 0.1) is 6.04 Å². The first-order valence-electron chi connectivity index (χ1n) is 24.8. The second kappa shape index (κ2) is 27.9. The number of rotatable bonds is 26. The van der Waals surface area contributed by atoms with Crippen molar-refractivity contribution < 1.29 is 43.5 Å². The van der Waals surface area contributed by atoms with E-state index in [1.807, 2.05) is 19.9 Å². The number of guanidine groups is 1. The van der Waals surface area contributed by atoms with E-state index in [1.165, 1.54) is 11.8 Å². The van der Waals surface area contributed by atoms with Crippen molar-refractivity contribution >= 4 is 53.3 Å². The van der Waals surface area contributed by atoms with Gasteiger partial charge in [-0.1, -0.05) is 105 Å². The van der Waals surface area contributed by atoms with Gasteiger partial charge < -0.3 is 58.3 Å². The Morgan fingerprint density at radius 3 is 1.61 bits per heavy atom. The van der Waals surface area contributed by atoms with Crippen LogP contribution in [0.5, 0.6) is 0 Å². The number of carbonyl (C=O) groups excluding carboxylic acids is 7. The summed E-state index contributed by atoms with van der Waals surface area (Å²) in [6.45, 7) is 6.27. The van der Waals surface area contributed by atoms with Crippen LogP contribution < -0.4 is 48.3 Å². The molecule has 2 saturated heterocycles. The van der Waals surface area contributed by atoms with Crippen LogP contribution in [-0.4, -0.2) is 131 Å². The molecule has 0 bridgehead atoms. The lowest BCUT2D eigenvalue weighted by Gasteiger charge is -2.29. The number of carboxylic acid groups (broad SMARTS) is 1. The Morgan fingerprint density at radius 1 is 0.639 bits per heavy atom. The van der Waals surface area contributed by atoms with Crippen LogP contribution in [0.4, 0.5) is 0 Å². The van der Waals surface area contributed by atoms with Gasteiger partial charge >= 0.3 is 5.97 Å². The fourth-order valence-corrected chi connectivity index (χ4v) is 8.83. The van der Waals surface area contributed by atoms with E-state index in [9.17, 15) is 43.5 Å². The minimum atomic E-state index is -1.27. The maximum absolute atomic E-state index is 14.6. The van der Waals surface area contributed by atoms with Gasteiger partial charge in [0.25, 0.3) is 0 Å². The predicted octanol–water partition coefficient (Wildman–Crippen LogP) is 0.780. The molecule has 20 heteroatoms. The average molecular weight is 994 g/mol. The van der Waals surface area contributed by atoms with Gasteiger partial charge in [0, 0.05) is 32.4 Å². The molecule has 5 rings (SSSR count). The zero-order valence-electron chi connectivity index (χ0n) is 41.3. The van der Waals surface area contributed by atoms with Crippen molar-refractivity contribution in [1.29, 1.82) is 5.41 Å². The summed E-state index contributed by atoms with van der Waals surface area (Å²) in [7, 11) is 0. The first-order valence-corrected chi connectivity index (χ1v) is 24.8. The van der Waals surface area contributed by atoms with Gasteiger partial charge in [0.15, 0.2) is 5.96 Å². The standard InChI is InChI=1S/C52H71N11O9/c1-32(2)28-39(47(67)57-33(3)44(64)62-42(31-36-20-11-6-12-21-36)50(70)63-27-15-24-43(63)51(71)72)59-48(68)41(30-35-18-9-5-10-19-35)61-49(69)40(29-34-16-7-4-8-17-34)60-46(66)38(23-14-26-56-52(53)54)58-45(65)37-22-13-25-55-37/h4-12,16-21,32-33,37-43,55H,13-15,22-31H2,1-3H3,(H,57,67)(H,58,65)(H,59,68)(H,60,66)(H,61,69)(H,62,64)(H,71,72)(H4,53,54,56)/t33-,37-,38-,39-,40-,41-,42-,43+/m0/s1. The summed E-state index contributed by atoms with van der Waals surface area (Å²) in [6, 6.07) is 18.2. The van der Waals surface area contributed by atoms with E-state index in [0.29, 0.717) is 36.9 Å². The number of nitrogens with two attached hydrogens (primary N) is 1. The van der Waals surface area contributed by atoms with E-state index in [1.54, 1.807) is 84.9 Å². The van der Waals surface area contributed by atoms with Gasteiger partial charge in [-0.05, 0) is 81.0 Å². The number of amides is 7. The number of aliphatic carboxylic acids is 1. The number of hydrogen-bond donors (Lipinski definition) is 11. The van der Waals surface area contributed by atoms with Crippen LogP contribution in [0.15, 0.2) is 91.0 Å². The Labute approximate surface area is 420 Å². The SMILES string of the molecule is CC(C)C[C@H](NC(=O)[C@H](Cc1ccccc1)NC(=O)[C@H](Cc1ccccc1)NC(=O)[C@H](CCCNC(=N)N)NC(=O)[C@@H]1CCCN1)C(=O)N[C@@H](C)C(=O)N[C@@H](Cc1ccccc1)C(=O)N1CCC[C@@H]1C(=O)O. The molecule has 2 heterocycles. The zero-order valence-corrected chi connectivity index (χ0v) is 41.3. The van der Waals surface area contributed by atoms with Crippen LogP contribution in [0, 0.1) is 11.3 Å². The van der Waals surface area contributed by atoms with Crippen molar-refractivity contribution in [1.82, 2.24) is 47.4 Å². The molecule has 2 aliphatic heterocycles. The molecule has 0 radical (unpaired) electrons. The minimum Gasteiger partial charge on any atom is -0.480 e. The van der Waals surface area contributed by atoms with Crippen LogP contribution in [0.25, 0.3) is 0 Å². The fourth-order valence-electron chi connectivity index (χ4n) is 8.83. The summed E-state index contributed by atoms with van der Waals surface area (Å²) in [4.78, 5) is 112. The molecule has 0 aliphatic carbocycles. The second-order valence-electron chi connectivity index (χ2n) is 18.9. The topological polar surface area (TPSA) is 306 Å². The molecule has 388 valence electrons. The van der Waals surface area contributed by atoms with Crippen LogP contribution >= 0.6 is 0 Å². The van der Waals surface area contributed by atoms with Crippen molar-refractivity contribution in [2.75, 3.05) is 19.6 Å². The van der Waals surface area contributed by atoms with Crippen molar-refractivity contribution in [3.05, 3.63) is 108 Å². The highest BCUT2D eigenvalue weighted by Gasteiger charge is 2.39. The Hall–Kier alpha value is -7.35. The highest BCUT2D eigenvalue weighted by molar-refractivity contribution is 5.98. The van der Waals surface area contributed by atoms with E-state index in [2.05, 4.69) is 42.5 Å². The Morgan fingerprint density at radius 2 is 1.12 bits per heavy atom. The quantitative estimate of drug-likeness (QED) is 0.0302. The molecule has 3 aromatic rings. The molecule has 0 aromatic heterocycles. The smallest absolute Gasteiger partial charge is 0.326 e. The molecule has 72 heavy (non-hydrogen) atoms. The van der Waals surface area contributed by atoms with E-state index in [4.69, 9.17) is 11.1 Å². The molecule has 12 N–H and O–H groups in total. The first-order chi connectivity index (χ1) is 34.5.